The smallest absolute Gasteiger partial charge is 0.335 e. The first-order valence-corrected chi connectivity index (χ1v) is 36.1. The van der Waals surface area contributed by atoms with E-state index >= 15 is 4.79 Å². The number of rotatable bonds is 25. The molecule has 35 atom stereocenters. The number of esters is 3. The zero-order valence-corrected chi connectivity index (χ0v) is 59.7. The van der Waals surface area contributed by atoms with E-state index in [4.69, 9.17) is 47.4 Å². The highest BCUT2D eigenvalue weighted by Gasteiger charge is 2.73. The summed E-state index contributed by atoms with van der Waals surface area (Å²) >= 11 is 0. The van der Waals surface area contributed by atoms with Crippen LogP contribution in [-0.2, 0) is 71.3 Å². The molecule has 8 fully saturated rings. The van der Waals surface area contributed by atoms with E-state index in [1.807, 2.05) is 20.8 Å². The minimum Gasteiger partial charge on any atom is -0.479 e. The molecule has 0 radical (unpaired) electrons. The second-order valence-corrected chi connectivity index (χ2v) is 32.6. The molecule has 9 rings (SSSR count). The number of carbonyl (C=O) groups is 5. The van der Waals surface area contributed by atoms with Gasteiger partial charge in [0.1, 0.15) is 78.8 Å². The number of carboxylic acids is 1. The molecule has 29 nitrogen and oxygen atoms in total. The monoisotopic (exact) mass is 1430 g/mol. The Morgan fingerprint density at radius 1 is 0.620 bits per heavy atom. The quantitative estimate of drug-likeness (QED) is 0.0200. The highest BCUT2D eigenvalue weighted by Crippen LogP contribution is 2.76. The Morgan fingerprint density at radius 2 is 1.21 bits per heavy atom. The molecule has 0 bridgehead atoms. The van der Waals surface area contributed by atoms with Crippen LogP contribution in [0.4, 0.5) is 0 Å². The van der Waals surface area contributed by atoms with Crippen molar-refractivity contribution in [3.8, 4) is 0 Å². The molecule has 4 aliphatic heterocycles. The molecule has 4 saturated carbocycles. The van der Waals surface area contributed by atoms with Crippen molar-refractivity contribution in [2.45, 2.75) is 333 Å². The Bertz CT molecular complexity index is 2880. The van der Waals surface area contributed by atoms with Gasteiger partial charge in [0.2, 0.25) is 6.29 Å². The fourth-order valence-corrected chi connectivity index (χ4v) is 19.0. The summed E-state index contributed by atoms with van der Waals surface area (Å²) in [5, 5.41) is 153. The van der Waals surface area contributed by atoms with Crippen molar-refractivity contribution in [2.75, 3.05) is 6.61 Å². The fourth-order valence-electron chi connectivity index (χ4n) is 19.0. The van der Waals surface area contributed by atoms with Crippen LogP contribution in [0.2, 0.25) is 0 Å². The molecular weight excluding hydrogens is 1320 g/mol. The van der Waals surface area contributed by atoms with Crippen LogP contribution in [0.25, 0.3) is 0 Å². The molecule has 0 aromatic rings. The van der Waals surface area contributed by atoms with Gasteiger partial charge in [0.25, 0.3) is 0 Å². The number of allylic oxidation sites excluding steroid dienone is 2. The van der Waals surface area contributed by atoms with Gasteiger partial charge in [0.15, 0.2) is 37.2 Å². The molecule has 5 aliphatic carbocycles. The number of aliphatic hydroxyl groups is 13. The maximum atomic E-state index is 15.8. The lowest BCUT2D eigenvalue weighted by atomic mass is 9.33. The second-order valence-electron chi connectivity index (χ2n) is 32.6. The summed E-state index contributed by atoms with van der Waals surface area (Å²) in [5.41, 5.74) is -4.07. The SMILES string of the molecule is CC[C@H](C)C(CC(O)CC(=O)O[C@H]1[C@@H](O)[C@H](O[C@@H]2O[C@@H](C)[C@H](O)[C@@H](O)[C@H]2O)[C@@H](OC(=O)[C@]23CCC(C)(C)C[C@H]2C2=CCC4[C@@]5(C)CC[C@H](OC6O[C@H](C(=O)O)[C@@H](O)[C@H](O)[C@H]6O)[C@@](C)(C=O)C5CC[C@@]4(C)[C@]2(C)C[C@H]3O)O[C@H]1C)OC(=O)C[C@@H](O)CC(O[C@@H]1O[C@@H](CO)[C@H](O)[C@H]1O)[C@@H](C)CC. The predicted octanol–water partition coefficient (Wildman–Crippen LogP) is 1.10. The average Bonchev–Trinajstić information content (AvgIpc) is 0.883. The topological polar surface area (TPSA) is 461 Å². The van der Waals surface area contributed by atoms with Crippen LogP contribution in [0.5, 0.6) is 0 Å². The molecule has 0 aromatic carbocycles. The second kappa shape index (κ2) is 31.1. The average molecular weight is 1430 g/mol. The van der Waals surface area contributed by atoms with E-state index in [1.54, 1.807) is 13.8 Å². The molecule has 9 aliphatic rings. The normalized spacial score (nSPS) is 46.5. The lowest BCUT2D eigenvalue weighted by molar-refractivity contribution is -0.359. The molecule has 0 spiro atoms. The van der Waals surface area contributed by atoms with Crippen LogP contribution in [0, 0.1) is 62.1 Å². The third kappa shape index (κ3) is 15.0. The van der Waals surface area contributed by atoms with Gasteiger partial charge in [-0.25, -0.2) is 4.79 Å². The first kappa shape index (κ1) is 80.6. The van der Waals surface area contributed by atoms with E-state index in [2.05, 4.69) is 40.7 Å². The minimum absolute atomic E-state index is 0.0985. The van der Waals surface area contributed by atoms with E-state index in [0.717, 1.165) is 11.9 Å². The maximum Gasteiger partial charge on any atom is 0.335 e. The van der Waals surface area contributed by atoms with Crippen LogP contribution in [-0.4, -0.2) is 262 Å². The molecule has 6 unspecified atom stereocenters. The number of ether oxygens (including phenoxy) is 10. The van der Waals surface area contributed by atoms with Crippen molar-refractivity contribution in [3.05, 3.63) is 11.6 Å². The Balaban J connectivity index is 0.909. The van der Waals surface area contributed by atoms with Gasteiger partial charge in [0, 0.05) is 12.8 Å². The summed E-state index contributed by atoms with van der Waals surface area (Å²) in [4.78, 5) is 68.9. The van der Waals surface area contributed by atoms with Gasteiger partial charge in [-0.05, 0) is 123 Å². The van der Waals surface area contributed by atoms with Crippen molar-refractivity contribution in [1.29, 1.82) is 0 Å². The molecule has 0 amide bonds. The van der Waals surface area contributed by atoms with Gasteiger partial charge in [-0.1, -0.05) is 93.7 Å². The van der Waals surface area contributed by atoms with Gasteiger partial charge >= 0.3 is 23.9 Å². The van der Waals surface area contributed by atoms with E-state index in [-0.39, 0.29) is 61.2 Å². The number of fused-ring (bicyclic) bond motifs is 7. The molecule has 4 heterocycles. The molecule has 0 aromatic heterocycles. The van der Waals surface area contributed by atoms with Gasteiger partial charge < -0.3 is 124 Å². The van der Waals surface area contributed by atoms with Crippen LogP contribution < -0.4 is 0 Å². The standard InChI is InChI=1S/C71H114O29/c1-13-31(3)39(93-46(77)25-36(75)24-40(32(4)14-2)94-62-53(84)49(80)41(29-72)95-62)23-35(74)26-47(78)97-57-34(6)92-64(59(56(57)87)99-61-54(85)50(81)48(79)33(5)91-61)100-65(90)71-22-21-66(7,8)27-38(71)37-15-16-43-67(9)19-18-45(96-63-55(86)51(82)52(83)58(98-63)60(88)89)68(10,30-73)42(67)17-20-69(43,11)70(37,12)28-44(71)76/h15,30-36,38-45,48-59,61-64,72,74-76,79-87H,13-14,16-29H2,1-12H3,(H,88,89)/t31-,32-,33-,34-,35?,36-,38-,39?,40?,41-,42?,43?,44+,45-,48-,49-,50+,51-,52-,53+,54+,55+,56+,57+,58-,59-,61-,62+,63?,64+,67-,68-,69+,70+,71+/m0/s1. The highest BCUT2D eigenvalue weighted by molar-refractivity contribution is 5.80. The van der Waals surface area contributed by atoms with Gasteiger partial charge in [-0.2, -0.15) is 0 Å². The van der Waals surface area contributed by atoms with Crippen molar-refractivity contribution in [3.63, 3.8) is 0 Å². The first-order chi connectivity index (χ1) is 46.7. The van der Waals surface area contributed by atoms with Crippen molar-refractivity contribution >= 4 is 30.2 Å². The van der Waals surface area contributed by atoms with Crippen LogP contribution in [0.15, 0.2) is 11.6 Å². The number of hydrogen-bond acceptors (Lipinski definition) is 28. The summed E-state index contributed by atoms with van der Waals surface area (Å²) in [5.74, 6) is -5.96. The predicted molar refractivity (Wildman–Crippen MR) is 345 cm³/mol. The Morgan fingerprint density at radius 3 is 1.82 bits per heavy atom. The van der Waals surface area contributed by atoms with Crippen LogP contribution >= 0.6 is 0 Å². The Kier molecular flexibility index (Phi) is 25.1. The Hall–Kier alpha value is -3.51. The first-order valence-electron chi connectivity index (χ1n) is 36.1. The summed E-state index contributed by atoms with van der Waals surface area (Å²) in [6.45, 7) is 22.1. The molecule has 100 heavy (non-hydrogen) atoms. The lowest BCUT2D eigenvalue weighted by Crippen LogP contribution is -2.69. The zero-order chi connectivity index (χ0) is 74.0. The van der Waals surface area contributed by atoms with E-state index < -0.39 is 230 Å². The molecular formula is C71H114O29. The minimum atomic E-state index is -1.96. The number of aldehydes is 1. The summed E-state index contributed by atoms with van der Waals surface area (Å²) in [6, 6.07) is 0. The van der Waals surface area contributed by atoms with Gasteiger partial charge in [-0.3, -0.25) is 14.4 Å². The van der Waals surface area contributed by atoms with Gasteiger partial charge in [-0.15, -0.1) is 0 Å². The van der Waals surface area contributed by atoms with E-state index in [9.17, 15) is 90.7 Å². The van der Waals surface area contributed by atoms with E-state index in [0.29, 0.717) is 51.4 Å². The fraction of sp³-hybridized carbons (Fsp3) is 0.901. The number of carbonyl (C=O) groups excluding carboxylic acids is 4. The third-order valence-corrected chi connectivity index (χ3v) is 25.9. The van der Waals surface area contributed by atoms with Gasteiger partial charge in [0.05, 0.1) is 67.6 Å². The maximum absolute atomic E-state index is 15.8. The number of hydrogen-bond donors (Lipinski definition) is 14. The Labute approximate surface area is 584 Å². The van der Waals surface area contributed by atoms with Crippen LogP contribution in [0.3, 0.4) is 0 Å². The van der Waals surface area contributed by atoms with Crippen molar-refractivity contribution in [1.82, 2.24) is 0 Å². The van der Waals surface area contributed by atoms with Crippen molar-refractivity contribution < 1.29 is 143 Å². The van der Waals surface area contributed by atoms with Crippen molar-refractivity contribution in [2.24, 2.45) is 62.1 Å². The summed E-state index contributed by atoms with van der Waals surface area (Å²) in [6.07, 6.45) is -32.2. The number of aliphatic carboxylic acids is 1. The summed E-state index contributed by atoms with van der Waals surface area (Å²) < 4.78 is 59.9. The number of carboxylic acid groups (broad SMARTS) is 1. The largest absolute Gasteiger partial charge is 0.479 e. The zero-order valence-electron chi connectivity index (χ0n) is 59.7. The summed E-state index contributed by atoms with van der Waals surface area (Å²) in [7, 11) is 0. The molecule has 14 N–H and O–H groups in total. The molecule has 572 valence electrons. The number of aliphatic hydroxyl groups excluding tert-OH is 13. The molecule has 4 saturated heterocycles. The third-order valence-electron chi connectivity index (χ3n) is 25.9. The lowest BCUT2D eigenvalue weighted by Gasteiger charge is -2.71. The van der Waals surface area contributed by atoms with E-state index in [1.165, 1.54) is 13.8 Å². The highest BCUT2D eigenvalue weighted by atomic mass is 16.8. The molecule has 29 heteroatoms. The van der Waals surface area contributed by atoms with Crippen LogP contribution in [0.1, 0.15) is 179 Å².